The van der Waals surface area contributed by atoms with Gasteiger partial charge in [-0.2, -0.15) is 0 Å². The highest BCUT2D eigenvalue weighted by atomic mass is 35.5. The maximum absolute atomic E-state index is 6.07. The van der Waals surface area contributed by atoms with Gasteiger partial charge in [-0.25, -0.2) is 4.98 Å². The summed E-state index contributed by atoms with van der Waals surface area (Å²) in [7, 11) is 0. The summed E-state index contributed by atoms with van der Waals surface area (Å²) >= 11 is 6.07. The molecule has 0 spiro atoms. The van der Waals surface area contributed by atoms with Crippen LogP contribution in [-0.2, 0) is 0 Å². The first-order valence-corrected chi connectivity index (χ1v) is 6.20. The molecular formula is C15H10ClN3. The third-order valence-corrected chi connectivity index (χ3v) is 3.09. The van der Waals surface area contributed by atoms with E-state index in [4.69, 9.17) is 11.6 Å². The van der Waals surface area contributed by atoms with Crippen molar-refractivity contribution in [1.82, 2.24) is 9.97 Å². The zero-order valence-corrected chi connectivity index (χ0v) is 10.7. The number of pyridine rings is 2. The molecule has 3 aromatic rings. The molecule has 3 rings (SSSR count). The number of hydrogen-bond donors (Lipinski definition) is 0. The monoisotopic (exact) mass is 267 g/mol. The number of aromatic nitrogens is 2. The van der Waals surface area contributed by atoms with Crippen molar-refractivity contribution in [3.05, 3.63) is 65.7 Å². The fraction of sp³-hybridized carbons (Fsp3) is 0. The molecule has 2 heterocycles. The molecule has 19 heavy (non-hydrogen) atoms. The highest BCUT2D eigenvalue weighted by molar-refractivity contribution is 6.34. The zero-order chi connectivity index (χ0) is 13.1. The van der Waals surface area contributed by atoms with Crippen molar-refractivity contribution < 1.29 is 0 Å². The zero-order valence-electron chi connectivity index (χ0n) is 9.99. The predicted molar refractivity (Wildman–Crippen MR) is 78.2 cm³/mol. The fourth-order valence-electron chi connectivity index (χ4n) is 1.86. The fourth-order valence-corrected chi connectivity index (χ4v) is 2.08. The summed E-state index contributed by atoms with van der Waals surface area (Å²) in [5.41, 5.74) is 1.88. The van der Waals surface area contributed by atoms with Gasteiger partial charge in [0.15, 0.2) is 0 Å². The molecule has 0 fully saturated rings. The van der Waals surface area contributed by atoms with Crippen LogP contribution in [-0.4, -0.2) is 16.2 Å². The maximum Gasteiger partial charge on any atom is 0.136 e. The van der Waals surface area contributed by atoms with Gasteiger partial charge >= 0.3 is 0 Å². The van der Waals surface area contributed by atoms with Crippen molar-refractivity contribution in [2.45, 2.75) is 0 Å². The van der Waals surface area contributed by atoms with Crippen LogP contribution in [0.1, 0.15) is 5.56 Å². The van der Waals surface area contributed by atoms with E-state index in [0.29, 0.717) is 5.15 Å². The lowest BCUT2D eigenvalue weighted by atomic mass is 10.1. The van der Waals surface area contributed by atoms with Crippen molar-refractivity contribution in [2.24, 2.45) is 4.99 Å². The number of nitrogens with zero attached hydrogens (tertiary/aromatic N) is 3. The average molecular weight is 268 g/mol. The first-order chi connectivity index (χ1) is 9.34. The standard InChI is InChI=1S/C15H10ClN3/c16-15-13-2-1-3-14(12(13)6-9-18-15)19-10-11-4-7-17-8-5-11/h1-10H. The molecule has 0 saturated carbocycles. The van der Waals surface area contributed by atoms with Crippen LogP contribution in [0.2, 0.25) is 5.15 Å². The second kappa shape index (κ2) is 5.16. The van der Waals surface area contributed by atoms with Gasteiger partial charge in [-0.1, -0.05) is 23.7 Å². The summed E-state index contributed by atoms with van der Waals surface area (Å²) < 4.78 is 0. The van der Waals surface area contributed by atoms with Crippen LogP contribution in [0.3, 0.4) is 0 Å². The van der Waals surface area contributed by atoms with Crippen LogP contribution in [0.15, 0.2) is 60.0 Å². The van der Waals surface area contributed by atoms with Crippen molar-refractivity contribution in [3.63, 3.8) is 0 Å². The second-order valence-corrected chi connectivity index (χ2v) is 4.37. The number of benzene rings is 1. The van der Waals surface area contributed by atoms with Crippen LogP contribution >= 0.6 is 11.6 Å². The first kappa shape index (κ1) is 11.8. The Kier molecular flexibility index (Phi) is 3.21. The Balaban J connectivity index is 2.07. The Morgan fingerprint density at radius 1 is 0.947 bits per heavy atom. The average Bonchev–Trinajstić information content (AvgIpc) is 2.47. The summed E-state index contributed by atoms with van der Waals surface area (Å²) in [4.78, 5) is 12.6. The number of rotatable bonds is 2. The minimum absolute atomic E-state index is 0.499. The van der Waals surface area contributed by atoms with E-state index in [1.165, 1.54) is 0 Å². The molecule has 0 aliphatic carbocycles. The van der Waals surface area contributed by atoms with E-state index in [0.717, 1.165) is 22.0 Å². The van der Waals surface area contributed by atoms with Crippen LogP contribution in [0, 0.1) is 0 Å². The topological polar surface area (TPSA) is 38.1 Å². The maximum atomic E-state index is 6.07. The number of fused-ring (bicyclic) bond motifs is 1. The largest absolute Gasteiger partial charge is 0.265 e. The second-order valence-electron chi connectivity index (χ2n) is 4.01. The van der Waals surface area contributed by atoms with Crippen molar-refractivity contribution in [2.75, 3.05) is 0 Å². The Morgan fingerprint density at radius 2 is 1.79 bits per heavy atom. The summed E-state index contributed by atoms with van der Waals surface area (Å²) in [6, 6.07) is 11.5. The van der Waals surface area contributed by atoms with Crippen LogP contribution in [0.25, 0.3) is 10.8 Å². The lowest BCUT2D eigenvalue weighted by Crippen LogP contribution is -1.82. The molecule has 0 amide bonds. The molecule has 0 saturated heterocycles. The van der Waals surface area contributed by atoms with Crippen LogP contribution in [0.5, 0.6) is 0 Å². The molecule has 0 radical (unpaired) electrons. The molecule has 0 N–H and O–H groups in total. The molecule has 1 aromatic carbocycles. The SMILES string of the molecule is Clc1nccc2c(N=Cc3ccncc3)cccc12. The molecule has 4 heteroatoms. The van der Waals surface area contributed by atoms with E-state index in [1.54, 1.807) is 18.6 Å². The quantitative estimate of drug-likeness (QED) is 0.519. The van der Waals surface area contributed by atoms with E-state index in [1.807, 2.05) is 42.6 Å². The first-order valence-electron chi connectivity index (χ1n) is 5.82. The van der Waals surface area contributed by atoms with E-state index >= 15 is 0 Å². The molecule has 0 aliphatic rings. The van der Waals surface area contributed by atoms with Gasteiger partial charge in [0, 0.05) is 35.6 Å². The minimum atomic E-state index is 0.499. The van der Waals surface area contributed by atoms with Gasteiger partial charge in [0.05, 0.1) is 5.69 Å². The highest BCUT2D eigenvalue weighted by Crippen LogP contribution is 2.29. The third-order valence-electron chi connectivity index (χ3n) is 2.79. The summed E-state index contributed by atoms with van der Waals surface area (Å²) in [5, 5.41) is 2.40. The lowest BCUT2D eigenvalue weighted by molar-refractivity contribution is 1.32. The van der Waals surface area contributed by atoms with Crippen molar-refractivity contribution >= 4 is 34.3 Å². The normalized spacial score (nSPS) is 11.2. The Labute approximate surface area is 115 Å². The number of hydrogen-bond acceptors (Lipinski definition) is 3. The van der Waals surface area contributed by atoms with Crippen molar-refractivity contribution in [1.29, 1.82) is 0 Å². The molecule has 2 aromatic heterocycles. The molecular weight excluding hydrogens is 258 g/mol. The van der Waals surface area contributed by atoms with Gasteiger partial charge in [-0.05, 0) is 29.8 Å². The molecule has 0 atom stereocenters. The van der Waals surface area contributed by atoms with E-state index in [-0.39, 0.29) is 0 Å². The molecule has 0 bridgehead atoms. The summed E-state index contributed by atoms with van der Waals surface area (Å²) in [6.45, 7) is 0. The van der Waals surface area contributed by atoms with E-state index < -0.39 is 0 Å². The summed E-state index contributed by atoms with van der Waals surface area (Å²) in [5.74, 6) is 0. The van der Waals surface area contributed by atoms with Crippen LogP contribution in [0.4, 0.5) is 5.69 Å². The Morgan fingerprint density at radius 3 is 2.63 bits per heavy atom. The van der Waals surface area contributed by atoms with Gasteiger partial charge in [-0.3, -0.25) is 9.98 Å². The molecule has 92 valence electrons. The van der Waals surface area contributed by atoms with E-state index in [2.05, 4.69) is 15.0 Å². The highest BCUT2D eigenvalue weighted by Gasteiger charge is 2.02. The van der Waals surface area contributed by atoms with Gasteiger partial charge in [0.1, 0.15) is 5.15 Å². The Bertz CT molecular complexity index is 739. The molecule has 3 nitrogen and oxygen atoms in total. The van der Waals surface area contributed by atoms with Gasteiger partial charge in [0.25, 0.3) is 0 Å². The van der Waals surface area contributed by atoms with Gasteiger partial charge in [-0.15, -0.1) is 0 Å². The van der Waals surface area contributed by atoms with E-state index in [9.17, 15) is 0 Å². The lowest BCUT2D eigenvalue weighted by Gasteiger charge is -2.02. The van der Waals surface area contributed by atoms with Crippen LogP contribution < -0.4 is 0 Å². The number of halogens is 1. The molecule has 0 aliphatic heterocycles. The predicted octanol–water partition coefficient (Wildman–Crippen LogP) is 4.03. The Hall–Kier alpha value is -2.26. The minimum Gasteiger partial charge on any atom is -0.265 e. The number of aliphatic imine (C=N–C) groups is 1. The summed E-state index contributed by atoms with van der Waals surface area (Å²) in [6.07, 6.45) is 6.98. The van der Waals surface area contributed by atoms with Gasteiger partial charge < -0.3 is 0 Å². The molecule has 0 unspecified atom stereocenters. The van der Waals surface area contributed by atoms with Gasteiger partial charge in [0.2, 0.25) is 0 Å². The smallest absolute Gasteiger partial charge is 0.136 e. The third kappa shape index (κ3) is 2.46. The van der Waals surface area contributed by atoms with Crippen molar-refractivity contribution in [3.8, 4) is 0 Å².